The van der Waals surface area contributed by atoms with E-state index in [0.29, 0.717) is 33.0 Å². The van der Waals surface area contributed by atoms with Crippen LogP contribution in [0.2, 0.25) is 0 Å². The van der Waals surface area contributed by atoms with Crippen molar-refractivity contribution >= 4 is 33.7 Å². The molecule has 6 heteroatoms. The third-order valence-electron chi connectivity index (χ3n) is 3.75. The van der Waals surface area contributed by atoms with Crippen LogP contribution < -0.4 is 16.4 Å². The van der Waals surface area contributed by atoms with Crippen LogP contribution >= 0.6 is 11.3 Å². The van der Waals surface area contributed by atoms with Crippen LogP contribution in [-0.2, 0) is 0 Å². The Labute approximate surface area is 122 Å². The number of hydrogen-bond donors (Lipinski definition) is 3. The number of amides is 1. The van der Waals surface area contributed by atoms with Gasteiger partial charge in [0.15, 0.2) is 5.78 Å². The van der Waals surface area contributed by atoms with Crippen LogP contribution in [0.4, 0.5) is 10.7 Å². The maximum atomic E-state index is 12.0. The van der Waals surface area contributed by atoms with E-state index >= 15 is 0 Å². The number of rotatable bonds is 6. The summed E-state index contributed by atoms with van der Waals surface area (Å²) < 4.78 is 0. The number of nitrogens with two attached hydrogens (primary N) is 1. The van der Waals surface area contributed by atoms with Gasteiger partial charge >= 0.3 is 0 Å². The third kappa shape index (κ3) is 2.80. The van der Waals surface area contributed by atoms with Gasteiger partial charge in [-0.1, -0.05) is 13.8 Å². The van der Waals surface area contributed by atoms with E-state index in [1.807, 2.05) is 0 Å². The van der Waals surface area contributed by atoms with Crippen molar-refractivity contribution in [3.8, 4) is 0 Å². The molecule has 0 aliphatic heterocycles. The summed E-state index contributed by atoms with van der Waals surface area (Å²) in [7, 11) is 1.56. The molecule has 110 valence electrons. The van der Waals surface area contributed by atoms with Crippen LogP contribution in [0.1, 0.15) is 53.1 Å². The molecule has 2 rings (SSSR count). The standard InChI is InChI=1S/C14H21N3O2S/c1-4-8(18)11-10(15)9(12(19)16-3)13(20-11)17-7-14(2)5-6-14/h17H,4-7,15H2,1-3H3,(H,16,19). The molecule has 20 heavy (non-hydrogen) atoms. The second-order valence-electron chi connectivity index (χ2n) is 5.57. The van der Waals surface area contributed by atoms with Gasteiger partial charge in [-0.3, -0.25) is 9.59 Å². The smallest absolute Gasteiger partial charge is 0.256 e. The number of nitrogens with one attached hydrogen (secondary N) is 2. The van der Waals surface area contributed by atoms with Gasteiger partial charge in [-0.2, -0.15) is 0 Å². The first kappa shape index (κ1) is 14.8. The van der Waals surface area contributed by atoms with Crippen LogP contribution in [-0.4, -0.2) is 25.3 Å². The second-order valence-corrected chi connectivity index (χ2v) is 6.59. The van der Waals surface area contributed by atoms with Gasteiger partial charge in [0.25, 0.3) is 5.91 Å². The zero-order chi connectivity index (χ0) is 14.9. The molecule has 0 atom stereocenters. The van der Waals surface area contributed by atoms with E-state index in [-0.39, 0.29) is 11.7 Å². The maximum Gasteiger partial charge on any atom is 0.256 e. The molecular formula is C14H21N3O2S. The molecule has 0 aromatic carbocycles. The van der Waals surface area contributed by atoms with Gasteiger partial charge in [-0.25, -0.2) is 0 Å². The van der Waals surface area contributed by atoms with E-state index in [4.69, 9.17) is 5.73 Å². The minimum atomic E-state index is -0.252. The fraction of sp³-hybridized carbons (Fsp3) is 0.571. The lowest BCUT2D eigenvalue weighted by molar-refractivity contribution is 0.0964. The molecule has 0 radical (unpaired) electrons. The number of carbonyl (C=O) groups is 2. The molecule has 0 spiro atoms. The average molecular weight is 295 g/mol. The van der Waals surface area contributed by atoms with Gasteiger partial charge in [-0.15, -0.1) is 11.3 Å². The summed E-state index contributed by atoms with van der Waals surface area (Å²) in [6.07, 6.45) is 2.77. The topological polar surface area (TPSA) is 84.2 Å². The molecule has 0 bridgehead atoms. The van der Waals surface area contributed by atoms with Crippen molar-refractivity contribution in [2.45, 2.75) is 33.1 Å². The van der Waals surface area contributed by atoms with Gasteiger partial charge in [0.1, 0.15) is 5.00 Å². The molecule has 1 aliphatic rings. The number of nitrogen functional groups attached to an aromatic ring is 1. The molecule has 1 amide bonds. The fourth-order valence-corrected chi connectivity index (χ4v) is 3.09. The van der Waals surface area contributed by atoms with E-state index in [1.54, 1.807) is 14.0 Å². The first-order valence-corrected chi connectivity index (χ1v) is 7.65. The molecule has 1 fully saturated rings. The third-order valence-corrected chi connectivity index (χ3v) is 4.96. The van der Waals surface area contributed by atoms with E-state index in [9.17, 15) is 9.59 Å². The Morgan fingerprint density at radius 3 is 2.55 bits per heavy atom. The minimum Gasteiger partial charge on any atom is -0.397 e. The number of anilines is 2. The number of hydrogen-bond acceptors (Lipinski definition) is 5. The zero-order valence-corrected chi connectivity index (χ0v) is 12.9. The predicted octanol–water partition coefficient (Wildman–Crippen LogP) is 2.49. The summed E-state index contributed by atoms with van der Waals surface area (Å²) in [5.41, 5.74) is 7.01. The monoisotopic (exact) mass is 295 g/mol. The Morgan fingerprint density at radius 2 is 2.05 bits per heavy atom. The number of carbonyl (C=O) groups excluding carboxylic acids is 2. The summed E-state index contributed by atoms with van der Waals surface area (Å²) in [5, 5.41) is 6.58. The number of Topliss-reactive ketones (excluding diaryl/α,β-unsaturated/α-hetero) is 1. The maximum absolute atomic E-state index is 12.0. The van der Waals surface area contributed by atoms with Crippen LogP contribution in [0.3, 0.4) is 0 Å². The summed E-state index contributed by atoms with van der Waals surface area (Å²) in [6, 6.07) is 0. The molecule has 5 nitrogen and oxygen atoms in total. The van der Waals surface area contributed by atoms with Gasteiger partial charge in [0.2, 0.25) is 0 Å². The Balaban J connectivity index is 2.32. The zero-order valence-electron chi connectivity index (χ0n) is 12.1. The van der Waals surface area contributed by atoms with Crippen molar-refractivity contribution in [2.24, 2.45) is 5.41 Å². The lowest BCUT2D eigenvalue weighted by atomic mass is 10.1. The van der Waals surface area contributed by atoms with Crippen molar-refractivity contribution < 1.29 is 9.59 Å². The Bertz CT molecular complexity index is 547. The lowest BCUT2D eigenvalue weighted by Gasteiger charge is -2.11. The molecule has 1 aromatic rings. The van der Waals surface area contributed by atoms with Crippen molar-refractivity contribution in [1.29, 1.82) is 0 Å². The normalized spacial score (nSPS) is 15.8. The van der Waals surface area contributed by atoms with E-state index < -0.39 is 0 Å². The number of ketones is 1. The fourth-order valence-electron chi connectivity index (χ4n) is 1.97. The SMILES string of the molecule is CCC(=O)c1sc(NCC2(C)CC2)c(C(=O)NC)c1N. The quantitative estimate of drug-likeness (QED) is 0.704. The molecule has 0 saturated heterocycles. The summed E-state index contributed by atoms with van der Waals surface area (Å²) >= 11 is 1.28. The van der Waals surface area contributed by atoms with Crippen molar-refractivity contribution in [3.63, 3.8) is 0 Å². The average Bonchev–Trinajstić information content (AvgIpc) is 3.08. The van der Waals surface area contributed by atoms with Gasteiger partial charge in [0.05, 0.1) is 16.1 Å². The summed E-state index contributed by atoms with van der Waals surface area (Å²) in [4.78, 5) is 24.4. The van der Waals surface area contributed by atoms with Gasteiger partial charge < -0.3 is 16.4 Å². The molecule has 1 aromatic heterocycles. The predicted molar refractivity (Wildman–Crippen MR) is 82.6 cm³/mol. The van der Waals surface area contributed by atoms with Crippen LogP contribution in [0.5, 0.6) is 0 Å². The van der Waals surface area contributed by atoms with Crippen LogP contribution in [0, 0.1) is 5.41 Å². The molecule has 1 heterocycles. The Kier molecular flexibility index (Phi) is 4.04. The van der Waals surface area contributed by atoms with Gasteiger partial charge in [0, 0.05) is 20.0 Å². The van der Waals surface area contributed by atoms with Crippen LogP contribution in [0.25, 0.3) is 0 Å². The first-order chi connectivity index (χ1) is 9.41. The molecular weight excluding hydrogens is 274 g/mol. The number of thiophene rings is 1. The van der Waals surface area contributed by atoms with Crippen LogP contribution in [0.15, 0.2) is 0 Å². The lowest BCUT2D eigenvalue weighted by Crippen LogP contribution is -2.21. The van der Waals surface area contributed by atoms with E-state index in [2.05, 4.69) is 17.6 Å². The molecule has 0 unspecified atom stereocenters. The van der Waals surface area contributed by atoms with Crippen molar-refractivity contribution in [1.82, 2.24) is 5.32 Å². The van der Waals surface area contributed by atoms with Crippen molar-refractivity contribution in [2.75, 3.05) is 24.6 Å². The highest BCUT2D eigenvalue weighted by Gasteiger charge is 2.37. The highest BCUT2D eigenvalue weighted by atomic mass is 32.1. The Morgan fingerprint density at radius 1 is 1.40 bits per heavy atom. The molecule has 1 aliphatic carbocycles. The highest BCUT2D eigenvalue weighted by molar-refractivity contribution is 7.19. The summed E-state index contributed by atoms with van der Waals surface area (Å²) in [6.45, 7) is 4.80. The van der Waals surface area contributed by atoms with Crippen molar-refractivity contribution in [3.05, 3.63) is 10.4 Å². The minimum absolute atomic E-state index is 0.0247. The van der Waals surface area contributed by atoms with E-state index in [1.165, 1.54) is 24.2 Å². The highest BCUT2D eigenvalue weighted by Crippen LogP contribution is 2.46. The largest absolute Gasteiger partial charge is 0.397 e. The Hall–Kier alpha value is -1.56. The van der Waals surface area contributed by atoms with E-state index in [0.717, 1.165) is 6.54 Å². The van der Waals surface area contributed by atoms with Gasteiger partial charge in [-0.05, 0) is 18.3 Å². The molecule has 4 N–H and O–H groups in total. The first-order valence-electron chi connectivity index (χ1n) is 6.83. The summed E-state index contributed by atoms with van der Waals surface area (Å²) in [5.74, 6) is -0.277. The second kappa shape index (κ2) is 5.44. The molecule has 1 saturated carbocycles.